The molecule has 7 heteroatoms. The Balaban J connectivity index is 1.77. The predicted octanol–water partition coefficient (Wildman–Crippen LogP) is 2.41. The molecular formula is C19H19N3O4. The summed E-state index contributed by atoms with van der Waals surface area (Å²) in [4.78, 5) is 41.7. The Labute approximate surface area is 150 Å². The molecule has 7 nitrogen and oxygen atoms in total. The van der Waals surface area contributed by atoms with Gasteiger partial charge in [-0.15, -0.1) is 0 Å². The summed E-state index contributed by atoms with van der Waals surface area (Å²) in [6.07, 6.45) is 3.56. The number of rotatable bonds is 4. The van der Waals surface area contributed by atoms with Gasteiger partial charge < -0.3 is 15.3 Å². The Bertz CT molecular complexity index is 823. The number of nitrogens with zero attached hydrogens (tertiary/aromatic N) is 2. The van der Waals surface area contributed by atoms with Crippen molar-refractivity contribution in [2.24, 2.45) is 0 Å². The van der Waals surface area contributed by atoms with Gasteiger partial charge in [0, 0.05) is 24.0 Å². The smallest absolute Gasteiger partial charge is 0.326 e. The first-order chi connectivity index (χ1) is 12.6. The normalized spacial score (nSPS) is 16.8. The van der Waals surface area contributed by atoms with E-state index < -0.39 is 12.0 Å². The molecule has 2 heterocycles. The van der Waals surface area contributed by atoms with Gasteiger partial charge in [-0.1, -0.05) is 12.1 Å². The lowest BCUT2D eigenvalue weighted by atomic mass is 10.0. The van der Waals surface area contributed by atoms with Gasteiger partial charge in [0.1, 0.15) is 11.7 Å². The summed E-state index contributed by atoms with van der Waals surface area (Å²) in [7, 11) is 0. The van der Waals surface area contributed by atoms with Crippen LogP contribution in [0.4, 0.5) is 5.69 Å². The molecule has 0 bridgehead atoms. The highest BCUT2D eigenvalue weighted by Crippen LogP contribution is 2.21. The third-order valence-corrected chi connectivity index (χ3v) is 4.31. The van der Waals surface area contributed by atoms with E-state index in [9.17, 15) is 19.5 Å². The van der Waals surface area contributed by atoms with Gasteiger partial charge in [0.25, 0.3) is 11.8 Å². The number of pyridine rings is 1. The molecule has 1 saturated heterocycles. The Morgan fingerprint density at radius 2 is 1.96 bits per heavy atom. The molecular weight excluding hydrogens is 334 g/mol. The molecule has 1 aliphatic heterocycles. The molecule has 2 aromatic rings. The highest BCUT2D eigenvalue weighted by Gasteiger charge is 2.32. The first-order valence-electron chi connectivity index (χ1n) is 8.42. The molecule has 1 atom stereocenters. The number of aliphatic carboxylic acids is 1. The summed E-state index contributed by atoms with van der Waals surface area (Å²) in [6, 6.07) is 10.7. The number of carboxylic acid groups (broad SMARTS) is 1. The van der Waals surface area contributed by atoms with Crippen molar-refractivity contribution >= 4 is 23.5 Å². The first kappa shape index (κ1) is 17.6. The van der Waals surface area contributed by atoms with Gasteiger partial charge in [-0.05, 0) is 49.6 Å². The van der Waals surface area contributed by atoms with E-state index in [1.54, 1.807) is 42.5 Å². The van der Waals surface area contributed by atoms with Crippen LogP contribution in [0.25, 0.3) is 0 Å². The first-order valence-corrected chi connectivity index (χ1v) is 8.42. The van der Waals surface area contributed by atoms with E-state index in [0.717, 1.165) is 12.8 Å². The number of hydrogen-bond acceptors (Lipinski definition) is 4. The number of benzene rings is 1. The summed E-state index contributed by atoms with van der Waals surface area (Å²) < 4.78 is 0. The second-order valence-corrected chi connectivity index (χ2v) is 6.10. The minimum Gasteiger partial charge on any atom is -0.480 e. The number of piperidine rings is 1. The number of carbonyl (C=O) groups is 3. The quantitative estimate of drug-likeness (QED) is 0.879. The van der Waals surface area contributed by atoms with Gasteiger partial charge in [-0.3, -0.25) is 14.6 Å². The predicted molar refractivity (Wildman–Crippen MR) is 94.9 cm³/mol. The highest BCUT2D eigenvalue weighted by molar-refractivity contribution is 6.04. The Morgan fingerprint density at radius 1 is 1.12 bits per heavy atom. The van der Waals surface area contributed by atoms with Crippen molar-refractivity contribution in [1.82, 2.24) is 9.88 Å². The number of carbonyl (C=O) groups excluding carboxylic acids is 2. The lowest BCUT2D eigenvalue weighted by Crippen LogP contribution is -2.48. The minimum absolute atomic E-state index is 0.270. The van der Waals surface area contributed by atoms with Crippen LogP contribution in [-0.4, -0.2) is 45.4 Å². The van der Waals surface area contributed by atoms with Gasteiger partial charge in [0.15, 0.2) is 0 Å². The van der Waals surface area contributed by atoms with E-state index in [-0.39, 0.29) is 17.5 Å². The van der Waals surface area contributed by atoms with Crippen LogP contribution in [0, 0.1) is 0 Å². The number of carboxylic acids is 1. The van der Waals surface area contributed by atoms with E-state index in [0.29, 0.717) is 24.2 Å². The van der Waals surface area contributed by atoms with Crippen LogP contribution in [0.1, 0.15) is 40.1 Å². The van der Waals surface area contributed by atoms with Gasteiger partial charge >= 0.3 is 5.97 Å². The van der Waals surface area contributed by atoms with Crippen molar-refractivity contribution in [3.63, 3.8) is 0 Å². The van der Waals surface area contributed by atoms with Crippen molar-refractivity contribution in [1.29, 1.82) is 0 Å². The van der Waals surface area contributed by atoms with Gasteiger partial charge in [0.2, 0.25) is 0 Å². The summed E-state index contributed by atoms with van der Waals surface area (Å²) in [6.45, 7) is 0.417. The fraction of sp³-hybridized carbons (Fsp3) is 0.263. The highest BCUT2D eigenvalue weighted by atomic mass is 16.4. The molecule has 1 fully saturated rings. The van der Waals surface area contributed by atoms with Crippen LogP contribution in [0.15, 0.2) is 48.7 Å². The van der Waals surface area contributed by atoms with E-state index in [1.165, 1.54) is 11.1 Å². The monoisotopic (exact) mass is 353 g/mol. The van der Waals surface area contributed by atoms with Crippen molar-refractivity contribution in [2.45, 2.75) is 25.3 Å². The van der Waals surface area contributed by atoms with Crippen LogP contribution in [0.3, 0.4) is 0 Å². The zero-order valence-electron chi connectivity index (χ0n) is 14.1. The van der Waals surface area contributed by atoms with Crippen LogP contribution in [-0.2, 0) is 4.79 Å². The number of nitrogens with one attached hydrogen (secondary N) is 1. The average molecular weight is 353 g/mol. The lowest BCUT2D eigenvalue weighted by molar-refractivity contribution is -0.143. The van der Waals surface area contributed by atoms with E-state index in [2.05, 4.69) is 10.3 Å². The standard InChI is InChI=1S/C19H19N3O4/c23-17(15-8-1-3-10-20-15)21-14-7-5-6-13(12-14)18(24)22-11-4-2-9-16(22)19(25)26/h1,3,5-8,10,12,16H,2,4,9,11H2,(H,21,23)(H,25,26). The fourth-order valence-corrected chi connectivity index (χ4v) is 3.02. The van der Waals surface area contributed by atoms with Crippen molar-refractivity contribution in [3.8, 4) is 0 Å². The maximum atomic E-state index is 12.8. The number of hydrogen-bond donors (Lipinski definition) is 2. The fourth-order valence-electron chi connectivity index (χ4n) is 3.02. The second-order valence-electron chi connectivity index (χ2n) is 6.10. The maximum absolute atomic E-state index is 12.8. The molecule has 134 valence electrons. The van der Waals surface area contributed by atoms with Gasteiger partial charge in [-0.25, -0.2) is 4.79 Å². The minimum atomic E-state index is -0.988. The molecule has 26 heavy (non-hydrogen) atoms. The Morgan fingerprint density at radius 3 is 2.69 bits per heavy atom. The van der Waals surface area contributed by atoms with Crippen LogP contribution in [0.5, 0.6) is 0 Å². The molecule has 0 spiro atoms. The van der Waals surface area contributed by atoms with Crippen LogP contribution in [0.2, 0.25) is 0 Å². The SMILES string of the molecule is O=C(Nc1cccc(C(=O)N2CCCCC2C(=O)O)c1)c1ccccn1. The molecule has 2 N–H and O–H groups in total. The van der Waals surface area contributed by atoms with E-state index in [4.69, 9.17) is 0 Å². The third-order valence-electron chi connectivity index (χ3n) is 4.31. The maximum Gasteiger partial charge on any atom is 0.326 e. The van der Waals surface area contributed by atoms with Crippen molar-refractivity contribution in [2.75, 3.05) is 11.9 Å². The summed E-state index contributed by atoms with van der Waals surface area (Å²) in [5, 5.41) is 12.0. The molecule has 0 saturated carbocycles. The van der Waals surface area contributed by atoms with E-state index >= 15 is 0 Å². The summed E-state index contributed by atoms with van der Waals surface area (Å²) >= 11 is 0. The second kappa shape index (κ2) is 7.77. The van der Waals surface area contributed by atoms with E-state index in [1.807, 2.05) is 0 Å². The van der Waals surface area contributed by atoms with Crippen molar-refractivity contribution < 1.29 is 19.5 Å². The molecule has 1 unspecified atom stereocenters. The van der Waals surface area contributed by atoms with Crippen molar-refractivity contribution in [3.05, 3.63) is 59.9 Å². The number of anilines is 1. The molecule has 1 aliphatic rings. The molecule has 0 aliphatic carbocycles. The Hall–Kier alpha value is -3.22. The Kier molecular flexibility index (Phi) is 5.26. The molecule has 1 aromatic heterocycles. The number of aromatic nitrogens is 1. The van der Waals surface area contributed by atoms with Gasteiger partial charge in [-0.2, -0.15) is 0 Å². The molecule has 3 rings (SSSR count). The average Bonchev–Trinajstić information content (AvgIpc) is 2.68. The van der Waals surface area contributed by atoms with Gasteiger partial charge in [0.05, 0.1) is 0 Å². The third kappa shape index (κ3) is 3.88. The molecule has 2 amide bonds. The molecule has 1 aromatic carbocycles. The summed E-state index contributed by atoms with van der Waals surface area (Å²) in [5.74, 6) is -1.71. The zero-order chi connectivity index (χ0) is 18.5. The lowest BCUT2D eigenvalue weighted by Gasteiger charge is -2.33. The topological polar surface area (TPSA) is 99.6 Å². The number of amides is 2. The number of likely N-dealkylation sites (tertiary alicyclic amines) is 1. The zero-order valence-corrected chi connectivity index (χ0v) is 14.1. The molecule has 0 radical (unpaired) electrons. The largest absolute Gasteiger partial charge is 0.480 e. The summed E-state index contributed by atoms with van der Waals surface area (Å²) in [5.41, 5.74) is 1.07. The van der Waals surface area contributed by atoms with Crippen LogP contribution < -0.4 is 5.32 Å². The van der Waals surface area contributed by atoms with Crippen LogP contribution >= 0.6 is 0 Å².